The lowest BCUT2D eigenvalue weighted by Gasteiger charge is -2.36. The Hall–Kier alpha value is -0.320. The maximum Gasteiger partial charge on any atom is 0.125 e. The average molecular weight is 341 g/mol. The predicted molar refractivity (Wildman–Crippen MR) is 99.2 cm³/mol. The molecule has 0 spiro atoms. The molecule has 0 bridgehead atoms. The van der Waals surface area contributed by atoms with Gasteiger partial charge >= 0.3 is 0 Å². The van der Waals surface area contributed by atoms with E-state index >= 15 is 0 Å². The third kappa shape index (κ3) is 3.77. The van der Waals surface area contributed by atoms with E-state index in [0.717, 1.165) is 25.2 Å². The molecule has 1 N–H and O–H groups in total. The maximum atomic E-state index is 9.73. The molecule has 4 heteroatoms. The van der Waals surface area contributed by atoms with E-state index in [-0.39, 0.29) is 16.6 Å². The highest BCUT2D eigenvalue weighted by Gasteiger charge is 2.36. The zero-order valence-electron chi connectivity index (χ0n) is 13.9. The first-order valence-electron chi connectivity index (χ1n) is 8.19. The second kappa shape index (κ2) is 8.51. The summed E-state index contributed by atoms with van der Waals surface area (Å²) in [7, 11) is 0. The SMILES string of the molecule is CCCCCC(CO)c1ccc2c(c1)OCCC2(SC)SC. The van der Waals surface area contributed by atoms with Crippen LogP contribution in [0.5, 0.6) is 5.75 Å². The fourth-order valence-corrected chi connectivity index (χ4v) is 5.19. The first-order chi connectivity index (χ1) is 10.7. The van der Waals surface area contributed by atoms with Gasteiger partial charge in [-0.2, -0.15) is 0 Å². The van der Waals surface area contributed by atoms with Crippen LogP contribution in [0.3, 0.4) is 0 Å². The summed E-state index contributed by atoms with van der Waals surface area (Å²) in [5.41, 5.74) is 2.52. The van der Waals surface area contributed by atoms with Crippen molar-refractivity contribution in [2.24, 2.45) is 0 Å². The van der Waals surface area contributed by atoms with Crippen LogP contribution < -0.4 is 4.74 Å². The lowest BCUT2D eigenvalue weighted by atomic mass is 9.91. The van der Waals surface area contributed by atoms with Crippen molar-refractivity contribution in [2.45, 2.75) is 49.0 Å². The summed E-state index contributed by atoms with van der Waals surface area (Å²) in [4.78, 5) is 0. The van der Waals surface area contributed by atoms with Crippen LogP contribution in [0.2, 0.25) is 0 Å². The molecule has 1 unspecified atom stereocenters. The molecule has 22 heavy (non-hydrogen) atoms. The van der Waals surface area contributed by atoms with Gasteiger partial charge in [0.25, 0.3) is 0 Å². The van der Waals surface area contributed by atoms with E-state index in [2.05, 4.69) is 37.6 Å². The van der Waals surface area contributed by atoms with Crippen molar-refractivity contribution >= 4 is 23.5 Å². The van der Waals surface area contributed by atoms with Gasteiger partial charge in [0, 0.05) is 24.5 Å². The summed E-state index contributed by atoms with van der Waals surface area (Å²) in [6.45, 7) is 3.21. The Morgan fingerprint density at radius 2 is 2.05 bits per heavy atom. The molecule has 0 aromatic heterocycles. The van der Waals surface area contributed by atoms with E-state index in [0.29, 0.717) is 0 Å². The third-order valence-electron chi connectivity index (χ3n) is 4.61. The Kier molecular flexibility index (Phi) is 6.97. The van der Waals surface area contributed by atoms with Crippen LogP contribution in [-0.2, 0) is 4.08 Å². The van der Waals surface area contributed by atoms with Gasteiger partial charge in [-0.1, -0.05) is 38.3 Å². The van der Waals surface area contributed by atoms with Crippen molar-refractivity contribution in [3.63, 3.8) is 0 Å². The third-order valence-corrected chi connectivity index (χ3v) is 7.78. The van der Waals surface area contributed by atoms with Gasteiger partial charge in [0.1, 0.15) is 5.75 Å². The van der Waals surface area contributed by atoms with Crippen molar-refractivity contribution < 1.29 is 9.84 Å². The summed E-state index contributed by atoms with van der Waals surface area (Å²) in [5, 5.41) is 9.73. The molecule has 0 amide bonds. The summed E-state index contributed by atoms with van der Waals surface area (Å²) in [5.74, 6) is 1.25. The van der Waals surface area contributed by atoms with E-state index in [1.165, 1.54) is 30.4 Å². The Labute approximate surface area is 143 Å². The molecule has 2 rings (SSSR count). The van der Waals surface area contributed by atoms with Crippen LogP contribution in [0.4, 0.5) is 0 Å². The highest BCUT2D eigenvalue weighted by molar-refractivity contribution is 8.16. The van der Waals surface area contributed by atoms with Crippen LogP contribution in [0.25, 0.3) is 0 Å². The largest absolute Gasteiger partial charge is 0.493 e. The summed E-state index contributed by atoms with van der Waals surface area (Å²) < 4.78 is 6.05. The summed E-state index contributed by atoms with van der Waals surface area (Å²) in [6.07, 6.45) is 10.1. The van der Waals surface area contributed by atoms with Crippen molar-refractivity contribution in [2.75, 3.05) is 25.7 Å². The molecule has 2 nitrogen and oxygen atoms in total. The van der Waals surface area contributed by atoms with Crippen LogP contribution in [0.1, 0.15) is 56.1 Å². The second-order valence-corrected chi connectivity index (χ2v) is 8.36. The van der Waals surface area contributed by atoms with Crippen molar-refractivity contribution in [1.29, 1.82) is 0 Å². The Bertz CT molecular complexity index is 472. The Morgan fingerprint density at radius 1 is 1.27 bits per heavy atom. The molecule has 1 atom stereocenters. The molecule has 0 aliphatic carbocycles. The minimum absolute atomic E-state index is 0.114. The number of ether oxygens (including phenoxy) is 1. The molecule has 1 heterocycles. The molecular weight excluding hydrogens is 312 g/mol. The lowest BCUT2D eigenvalue weighted by molar-refractivity contribution is 0.254. The average Bonchev–Trinajstić information content (AvgIpc) is 2.57. The van der Waals surface area contributed by atoms with Gasteiger partial charge in [0.05, 0.1) is 10.7 Å². The number of hydrogen-bond acceptors (Lipinski definition) is 4. The molecule has 124 valence electrons. The first kappa shape index (κ1) is 18.0. The lowest BCUT2D eigenvalue weighted by Crippen LogP contribution is -2.26. The fraction of sp³-hybridized carbons (Fsp3) is 0.667. The summed E-state index contributed by atoms with van der Waals surface area (Å²) >= 11 is 3.81. The normalized spacial score (nSPS) is 17.6. The van der Waals surface area contributed by atoms with Gasteiger partial charge in [-0.3, -0.25) is 0 Å². The maximum absolute atomic E-state index is 9.73. The molecule has 1 aliphatic rings. The molecule has 1 aromatic carbocycles. The molecule has 0 radical (unpaired) electrons. The molecule has 1 aromatic rings. The number of thioether (sulfide) groups is 2. The Morgan fingerprint density at radius 3 is 2.68 bits per heavy atom. The minimum Gasteiger partial charge on any atom is -0.493 e. The van der Waals surface area contributed by atoms with Crippen LogP contribution in [0.15, 0.2) is 18.2 Å². The second-order valence-electron chi connectivity index (χ2n) is 5.89. The van der Waals surface area contributed by atoms with Gasteiger partial charge in [-0.25, -0.2) is 0 Å². The van der Waals surface area contributed by atoms with E-state index in [1.807, 2.05) is 23.5 Å². The van der Waals surface area contributed by atoms with E-state index in [1.54, 1.807) is 0 Å². The molecule has 0 saturated heterocycles. The van der Waals surface area contributed by atoms with Gasteiger partial charge in [0.15, 0.2) is 0 Å². The number of unbranched alkanes of at least 4 members (excludes halogenated alkanes) is 2. The van der Waals surface area contributed by atoms with Gasteiger partial charge < -0.3 is 9.84 Å². The smallest absolute Gasteiger partial charge is 0.125 e. The van der Waals surface area contributed by atoms with E-state index in [9.17, 15) is 5.11 Å². The number of rotatable bonds is 8. The topological polar surface area (TPSA) is 29.5 Å². The number of fused-ring (bicyclic) bond motifs is 1. The predicted octanol–water partition coefficient (Wildman–Crippen LogP) is 5.00. The number of aliphatic hydroxyl groups is 1. The molecular formula is C18H28O2S2. The molecule has 0 fully saturated rings. The fourth-order valence-electron chi connectivity index (χ4n) is 3.17. The van der Waals surface area contributed by atoms with Crippen LogP contribution in [-0.4, -0.2) is 30.8 Å². The summed E-state index contributed by atoms with van der Waals surface area (Å²) in [6, 6.07) is 6.59. The molecule has 1 aliphatic heterocycles. The number of aliphatic hydroxyl groups excluding tert-OH is 1. The minimum atomic E-state index is 0.114. The standard InChI is InChI=1S/C18H28O2S2/c1-4-5-6-7-15(13-19)14-8-9-16-17(12-14)20-11-10-18(16,21-2)22-3/h8-9,12,15,19H,4-7,10-11,13H2,1-3H3. The zero-order valence-corrected chi connectivity index (χ0v) is 15.6. The van der Waals surface area contributed by atoms with Crippen molar-refractivity contribution in [3.8, 4) is 5.75 Å². The van der Waals surface area contributed by atoms with Crippen molar-refractivity contribution in [1.82, 2.24) is 0 Å². The van der Waals surface area contributed by atoms with E-state index < -0.39 is 0 Å². The molecule has 0 saturated carbocycles. The van der Waals surface area contributed by atoms with Gasteiger partial charge in [-0.15, -0.1) is 23.5 Å². The van der Waals surface area contributed by atoms with Crippen LogP contribution in [0, 0.1) is 0 Å². The van der Waals surface area contributed by atoms with E-state index in [4.69, 9.17) is 4.74 Å². The number of hydrogen-bond donors (Lipinski definition) is 1. The Balaban J connectivity index is 2.23. The number of benzene rings is 1. The highest BCUT2D eigenvalue weighted by atomic mass is 32.2. The zero-order chi connectivity index (χ0) is 16.0. The highest BCUT2D eigenvalue weighted by Crippen LogP contribution is 2.52. The quantitative estimate of drug-likeness (QED) is 0.532. The van der Waals surface area contributed by atoms with Crippen LogP contribution >= 0.6 is 23.5 Å². The van der Waals surface area contributed by atoms with Crippen molar-refractivity contribution in [3.05, 3.63) is 29.3 Å². The monoisotopic (exact) mass is 340 g/mol. The van der Waals surface area contributed by atoms with Gasteiger partial charge in [-0.05, 0) is 30.6 Å². The van der Waals surface area contributed by atoms with Gasteiger partial charge in [0.2, 0.25) is 0 Å². The first-order valence-corrected chi connectivity index (χ1v) is 10.6.